The van der Waals surface area contributed by atoms with Gasteiger partial charge in [0.25, 0.3) is 0 Å². The minimum absolute atomic E-state index is 0.0597. The molecule has 0 unspecified atom stereocenters. The number of aromatic nitrogens is 4. The molecule has 0 amide bonds. The van der Waals surface area contributed by atoms with Crippen molar-refractivity contribution in [1.82, 2.24) is 25.3 Å². The van der Waals surface area contributed by atoms with E-state index in [0.717, 1.165) is 46.5 Å². The summed E-state index contributed by atoms with van der Waals surface area (Å²) in [7, 11) is 0. The first-order valence-electron chi connectivity index (χ1n) is 10.1. The van der Waals surface area contributed by atoms with Crippen LogP contribution in [0.15, 0.2) is 61.1 Å². The van der Waals surface area contributed by atoms with Crippen molar-refractivity contribution in [3.63, 3.8) is 0 Å². The van der Waals surface area contributed by atoms with E-state index in [1.807, 2.05) is 30.6 Å². The van der Waals surface area contributed by atoms with E-state index in [2.05, 4.69) is 50.3 Å². The highest BCUT2D eigenvalue weighted by atomic mass is 16.3. The summed E-state index contributed by atoms with van der Waals surface area (Å²) in [6.07, 6.45) is 7.62. The molecule has 2 aliphatic rings. The average Bonchev–Trinajstić information content (AvgIpc) is 3.25. The van der Waals surface area contributed by atoms with Crippen LogP contribution in [0.25, 0.3) is 22.2 Å². The zero-order valence-electron chi connectivity index (χ0n) is 16.3. The molecule has 30 heavy (non-hydrogen) atoms. The van der Waals surface area contributed by atoms with Gasteiger partial charge in [-0.2, -0.15) is 5.10 Å². The Balaban J connectivity index is 1.38. The van der Waals surface area contributed by atoms with Crippen LogP contribution in [-0.2, 0) is 12.1 Å². The van der Waals surface area contributed by atoms with E-state index in [1.54, 1.807) is 10.9 Å². The zero-order chi connectivity index (χ0) is 20.1. The molecule has 150 valence electrons. The Morgan fingerprint density at radius 2 is 2.07 bits per heavy atom. The van der Waals surface area contributed by atoms with Crippen molar-refractivity contribution in [3.05, 3.63) is 66.6 Å². The van der Waals surface area contributed by atoms with Crippen LogP contribution in [0.2, 0.25) is 0 Å². The Morgan fingerprint density at radius 1 is 1.13 bits per heavy atom. The Morgan fingerprint density at radius 3 is 2.93 bits per heavy atom. The number of hydrogen-bond donors (Lipinski definition) is 3. The second kappa shape index (κ2) is 6.51. The molecular formula is C22H21N7O. The fraction of sp³-hybridized carbons (Fsp3) is 0.227. The lowest BCUT2D eigenvalue weighted by Gasteiger charge is -2.29. The number of benzene rings is 1. The number of pyridine rings is 2. The van der Waals surface area contributed by atoms with Gasteiger partial charge < -0.3 is 10.5 Å². The van der Waals surface area contributed by atoms with Crippen LogP contribution in [0.3, 0.4) is 0 Å². The lowest BCUT2D eigenvalue weighted by Crippen LogP contribution is -2.44. The number of hydrogen-bond acceptors (Lipinski definition) is 7. The molecule has 1 aliphatic heterocycles. The molecular weight excluding hydrogens is 378 g/mol. The standard InChI is InChI=1S/C22H21N7O/c30-11-10-28-14-16(13-24-28)19-5-6-20-21(25-19)29(27-26-20)22(7-8-22)17-3-4-18-15(12-17)2-1-9-23-18/h1-6,9,12-14,26-27,30H,7-8,10-11H2. The number of aliphatic hydroxyl groups excluding tert-OH is 1. The summed E-state index contributed by atoms with van der Waals surface area (Å²) in [6, 6.07) is 14.6. The fourth-order valence-corrected chi connectivity index (χ4v) is 4.20. The molecule has 8 heteroatoms. The van der Waals surface area contributed by atoms with Gasteiger partial charge in [0.05, 0.1) is 41.8 Å². The Labute approximate surface area is 173 Å². The predicted octanol–water partition coefficient (Wildman–Crippen LogP) is 2.83. The summed E-state index contributed by atoms with van der Waals surface area (Å²) in [4.78, 5) is 9.39. The van der Waals surface area contributed by atoms with Gasteiger partial charge in [-0.15, -0.1) is 5.53 Å². The molecule has 1 aromatic carbocycles. The summed E-state index contributed by atoms with van der Waals surface area (Å²) in [5.41, 5.74) is 11.5. The van der Waals surface area contributed by atoms with Crippen LogP contribution >= 0.6 is 0 Å². The number of nitrogens with zero attached hydrogens (tertiary/aromatic N) is 5. The van der Waals surface area contributed by atoms with Crippen LogP contribution in [0.1, 0.15) is 18.4 Å². The Hall–Kier alpha value is -3.49. The maximum atomic E-state index is 9.13. The minimum Gasteiger partial charge on any atom is -0.394 e. The highest BCUT2D eigenvalue weighted by Crippen LogP contribution is 2.54. The average molecular weight is 399 g/mol. The Kier molecular flexibility index (Phi) is 3.77. The van der Waals surface area contributed by atoms with Crippen molar-refractivity contribution in [2.75, 3.05) is 17.0 Å². The molecule has 0 spiro atoms. The van der Waals surface area contributed by atoms with E-state index in [-0.39, 0.29) is 12.1 Å². The molecule has 0 bridgehead atoms. The van der Waals surface area contributed by atoms with Gasteiger partial charge in [-0.05, 0) is 48.7 Å². The monoisotopic (exact) mass is 399 g/mol. The minimum atomic E-state index is -0.130. The largest absolute Gasteiger partial charge is 0.394 e. The van der Waals surface area contributed by atoms with Crippen molar-refractivity contribution < 1.29 is 5.11 Å². The van der Waals surface area contributed by atoms with Crippen LogP contribution in [-0.4, -0.2) is 31.5 Å². The molecule has 6 rings (SSSR count). The maximum absolute atomic E-state index is 9.13. The van der Waals surface area contributed by atoms with Crippen molar-refractivity contribution in [2.24, 2.45) is 0 Å². The van der Waals surface area contributed by atoms with E-state index < -0.39 is 0 Å². The quantitative estimate of drug-likeness (QED) is 0.475. The fourth-order valence-electron chi connectivity index (χ4n) is 4.20. The van der Waals surface area contributed by atoms with E-state index >= 15 is 0 Å². The van der Waals surface area contributed by atoms with Gasteiger partial charge in [0, 0.05) is 23.3 Å². The molecule has 1 fully saturated rings. The highest BCUT2D eigenvalue weighted by Gasteiger charge is 2.52. The van der Waals surface area contributed by atoms with Gasteiger partial charge in [0.2, 0.25) is 0 Å². The van der Waals surface area contributed by atoms with E-state index in [1.165, 1.54) is 5.56 Å². The van der Waals surface area contributed by atoms with Crippen molar-refractivity contribution in [3.8, 4) is 11.3 Å². The zero-order valence-corrected chi connectivity index (χ0v) is 16.3. The van der Waals surface area contributed by atoms with Crippen LogP contribution in [0.5, 0.6) is 0 Å². The van der Waals surface area contributed by atoms with Gasteiger partial charge in [-0.1, -0.05) is 12.1 Å². The molecule has 1 saturated carbocycles. The summed E-state index contributed by atoms with van der Waals surface area (Å²) < 4.78 is 1.73. The first-order valence-corrected chi connectivity index (χ1v) is 10.1. The number of anilines is 2. The molecule has 4 heterocycles. The van der Waals surface area contributed by atoms with Crippen LogP contribution < -0.4 is 16.0 Å². The first-order chi connectivity index (χ1) is 14.8. The maximum Gasteiger partial charge on any atom is 0.170 e. The first kappa shape index (κ1) is 17.4. The third-order valence-corrected chi connectivity index (χ3v) is 5.94. The van der Waals surface area contributed by atoms with E-state index in [9.17, 15) is 0 Å². The lowest BCUT2D eigenvalue weighted by molar-refractivity contribution is 0.269. The molecule has 0 saturated heterocycles. The molecule has 4 aromatic rings. The third-order valence-electron chi connectivity index (χ3n) is 5.94. The number of aliphatic hydroxyl groups is 1. The topological polar surface area (TPSA) is 91.1 Å². The molecule has 1 aliphatic carbocycles. The van der Waals surface area contributed by atoms with Gasteiger partial charge in [0.1, 0.15) is 0 Å². The summed E-state index contributed by atoms with van der Waals surface area (Å²) >= 11 is 0. The second-order valence-corrected chi connectivity index (χ2v) is 7.80. The van der Waals surface area contributed by atoms with Gasteiger partial charge in [-0.25, -0.2) is 4.98 Å². The molecule has 0 radical (unpaired) electrons. The number of nitrogens with one attached hydrogen (secondary N) is 2. The van der Waals surface area contributed by atoms with Crippen molar-refractivity contribution >= 4 is 22.4 Å². The summed E-state index contributed by atoms with van der Waals surface area (Å²) in [5, 5.41) is 16.7. The molecule has 3 N–H and O–H groups in total. The number of rotatable bonds is 5. The lowest BCUT2D eigenvalue weighted by atomic mass is 10.0. The SMILES string of the molecule is OCCn1cc(-c2ccc3c(n2)N(C2(c4ccc5ncccc5c4)CC2)NN3)cn1. The predicted molar refractivity (Wildman–Crippen MR) is 114 cm³/mol. The van der Waals surface area contributed by atoms with Crippen LogP contribution in [0.4, 0.5) is 11.5 Å². The Bertz CT molecular complexity index is 1250. The van der Waals surface area contributed by atoms with Crippen molar-refractivity contribution in [2.45, 2.75) is 24.9 Å². The number of fused-ring (bicyclic) bond motifs is 2. The summed E-state index contributed by atoms with van der Waals surface area (Å²) in [6.45, 7) is 0.532. The van der Waals surface area contributed by atoms with Gasteiger partial charge >= 0.3 is 0 Å². The van der Waals surface area contributed by atoms with Gasteiger partial charge in [0.15, 0.2) is 5.82 Å². The van der Waals surface area contributed by atoms with Crippen molar-refractivity contribution in [1.29, 1.82) is 0 Å². The number of hydrazine groups is 2. The second-order valence-electron chi connectivity index (χ2n) is 7.80. The van der Waals surface area contributed by atoms with Gasteiger partial charge in [-0.3, -0.25) is 14.7 Å². The highest BCUT2D eigenvalue weighted by molar-refractivity contribution is 5.81. The molecule has 3 aromatic heterocycles. The van der Waals surface area contributed by atoms with E-state index in [0.29, 0.717) is 6.54 Å². The summed E-state index contributed by atoms with van der Waals surface area (Å²) in [5.74, 6) is 0.881. The third kappa shape index (κ3) is 2.65. The van der Waals surface area contributed by atoms with Crippen LogP contribution in [0, 0.1) is 0 Å². The molecule has 8 nitrogen and oxygen atoms in total. The normalized spacial score (nSPS) is 16.5. The molecule has 0 atom stereocenters. The van der Waals surface area contributed by atoms with E-state index in [4.69, 9.17) is 10.1 Å². The smallest absolute Gasteiger partial charge is 0.170 e.